The van der Waals surface area contributed by atoms with Crippen LogP contribution in [-0.4, -0.2) is 29.7 Å². The minimum absolute atomic E-state index is 0. The zero-order valence-electron chi connectivity index (χ0n) is 14.7. The molecule has 0 unspecified atom stereocenters. The molecular formula is C17H26IN5OS. The first-order chi connectivity index (χ1) is 11.7. The van der Waals surface area contributed by atoms with Crippen LogP contribution in [0.5, 0.6) is 0 Å². The van der Waals surface area contributed by atoms with Crippen molar-refractivity contribution in [3.8, 4) is 0 Å². The van der Waals surface area contributed by atoms with Crippen LogP contribution in [0.1, 0.15) is 48.7 Å². The number of aromatic nitrogens is 2. The monoisotopic (exact) mass is 475 g/mol. The second kappa shape index (κ2) is 9.51. The maximum absolute atomic E-state index is 5.13. The van der Waals surface area contributed by atoms with Crippen molar-refractivity contribution in [1.82, 2.24) is 20.8 Å². The Bertz CT molecular complexity index is 664. The van der Waals surface area contributed by atoms with Crippen molar-refractivity contribution in [2.45, 2.75) is 51.0 Å². The predicted molar refractivity (Wildman–Crippen MR) is 112 cm³/mol. The number of nitrogens with one attached hydrogen (secondary N) is 2. The second-order valence-electron chi connectivity index (χ2n) is 6.33. The lowest BCUT2D eigenvalue weighted by molar-refractivity contribution is 0.296. The van der Waals surface area contributed by atoms with Gasteiger partial charge in [0.25, 0.3) is 0 Å². The molecule has 6 nitrogen and oxygen atoms in total. The Hall–Kier alpha value is -1.16. The van der Waals surface area contributed by atoms with E-state index >= 15 is 0 Å². The Morgan fingerprint density at radius 1 is 1.32 bits per heavy atom. The molecule has 138 valence electrons. The molecule has 2 aromatic heterocycles. The van der Waals surface area contributed by atoms with Gasteiger partial charge >= 0.3 is 0 Å². The Morgan fingerprint density at radius 2 is 2.12 bits per heavy atom. The van der Waals surface area contributed by atoms with Gasteiger partial charge < -0.3 is 15.2 Å². The standard InChI is InChI=1S/C17H25N5OS.HI/c1-13-21-15(23-22-13)11-19-16(18-2)20-12-17(8-4-3-5-9-17)14-7-6-10-24-14;/h6-7,10H,3-5,8-9,11-12H2,1-2H3,(H2,18,19,20);1H. The molecule has 0 bridgehead atoms. The summed E-state index contributed by atoms with van der Waals surface area (Å²) in [5, 5.41) is 12.7. The molecule has 1 fully saturated rings. The molecule has 1 saturated carbocycles. The average Bonchev–Trinajstić information content (AvgIpc) is 3.28. The van der Waals surface area contributed by atoms with Crippen LogP contribution in [0.15, 0.2) is 27.0 Å². The summed E-state index contributed by atoms with van der Waals surface area (Å²) in [7, 11) is 1.78. The molecule has 0 radical (unpaired) electrons. The van der Waals surface area contributed by atoms with Crippen LogP contribution < -0.4 is 10.6 Å². The van der Waals surface area contributed by atoms with Crippen molar-refractivity contribution < 1.29 is 4.52 Å². The smallest absolute Gasteiger partial charge is 0.246 e. The molecule has 2 heterocycles. The number of nitrogens with zero attached hydrogens (tertiary/aromatic N) is 3. The summed E-state index contributed by atoms with van der Waals surface area (Å²) >= 11 is 1.87. The Labute approximate surface area is 169 Å². The number of thiophene rings is 1. The molecule has 8 heteroatoms. The molecular weight excluding hydrogens is 449 g/mol. The van der Waals surface area contributed by atoms with E-state index in [0.717, 1.165) is 12.5 Å². The largest absolute Gasteiger partial charge is 0.355 e. The molecule has 0 aliphatic heterocycles. The number of hydrogen-bond donors (Lipinski definition) is 2. The molecule has 3 rings (SSSR count). The first-order valence-electron chi connectivity index (χ1n) is 8.49. The number of rotatable bonds is 5. The fraction of sp³-hybridized carbons (Fsp3) is 0.588. The molecule has 0 spiro atoms. The van der Waals surface area contributed by atoms with E-state index in [1.165, 1.54) is 37.0 Å². The Balaban J connectivity index is 0.00000225. The van der Waals surface area contributed by atoms with E-state index in [0.29, 0.717) is 18.3 Å². The van der Waals surface area contributed by atoms with Gasteiger partial charge in [0.2, 0.25) is 5.89 Å². The molecule has 0 amide bonds. The third-order valence-electron chi connectivity index (χ3n) is 4.65. The molecule has 2 aromatic rings. The second-order valence-corrected chi connectivity index (χ2v) is 7.28. The van der Waals surface area contributed by atoms with Gasteiger partial charge in [-0.2, -0.15) is 4.98 Å². The highest BCUT2D eigenvalue weighted by Crippen LogP contribution is 2.41. The van der Waals surface area contributed by atoms with Gasteiger partial charge in [-0.1, -0.05) is 30.5 Å². The van der Waals surface area contributed by atoms with Crippen LogP contribution >= 0.6 is 35.3 Å². The number of aliphatic imine (C=N–C) groups is 1. The SMILES string of the molecule is CN=C(NCc1nc(C)no1)NCC1(c2cccs2)CCCCC1.I. The van der Waals surface area contributed by atoms with Crippen molar-refractivity contribution in [2.75, 3.05) is 13.6 Å². The highest BCUT2D eigenvalue weighted by Gasteiger charge is 2.34. The van der Waals surface area contributed by atoms with Gasteiger partial charge in [-0.15, -0.1) is 35.3 Å². The minimum Gasteiger partial charge on any atom is -0.355 e. The third kappa shape index (κ3) is 5.16. The maximum Gasteiger partial charge on any atom is 0.246 e. The van der Waals surface area contributed by atoms with E-state index in [4.69, 9.17) is 4.52 Å². The van der Waals surface area contributed by atoms with Crippen LogP contribution in [0.3, 0.4) is 0 Å². The van der Waals surface area contributed by atoms with Crippen molar-refractivity contribution in [1.29, 1.82) is 0 Å². The summed E-state index contributed by atoms with van der Waals surface area (Å²) < 4.78 is 5.13. The fourth-order valence-electron chi connectivity index (χ4n) is 3.36. The molecule has 2 N–H and O–H groups in total. The van der Waals surface area contributed by atoms with E-state index in [1.54, 1.807) is 7.05 Å². The summed E-state index contributed by atoms with van der Waals surface area (Å²) in [6.07, 6.45) is 6.41. The maximum atomic E-state index is 5.13. The third-order valence-corrected chi connectivity index (χ3v) is 5.77. The highest BCUT2D eigenvalue weighted by molar-refractivity contribution is 14.0. The Kier molecular flexibility index (Phi) is 7.67. The summed E-state index contributed by atoms with van der Waals surface area (Å²) in [4.78, 5) is 10.00. The van der Waals surface area contributed by atoms with Gasteiger partial charge in [0.05, 0.1) is 6.54 Å². The minimum atomic E-state index is 0. The van der Waals surface area contributed by atoms with Gasteiger partial charge in [-0.25, -0.2) is 0 Å². The summed E-state index contributed by atoms with van der Waals surface area (Å²) in [5.74, 6) is 1.99. The van der Waals surface area contributed by atoms with E-state index in [-0.39, 0.29) is 29.4 Å². The predicted octanol–water partition coefficient (Wildman–Crippen LogP) is 3.62. The van der Waals surface area contributed by atoms with Gasteiger partial charge in [-0.3, -0.25) is 4.99 Å². The van der Waals surface area contributed by atoms with Gasteiger partial charge in [-0.05, 0) is 31.2 Å². The molecule has 1 aliphatic carbocycles. The first-order valence-corrected chi connectivity index (χ1v) is 9.37. The lowest BCUT2D eigenvalue weighted by Crippen LogP contribution is -2.46. The van der Waals surface area contributed by atoms with Crippen LogP contribution in [0, 0.1) is 6.92 Å². The number of aryl methyl sites for hydroxylation is 1. The van der Waals surface area contributed by atoms with Gasteiger partial charge in [0, 0.05) is 23.9 Å². The summed E-state index contributed by atoms with van der Waals surface area (Å²) in [6, 6.07) is 4.43. The van der Waals surface area contributed by atoms with E-state index in [1.807, 2.05) is 18.3 Å². The lowest BCUT2D eigenvalue weighted by Gasteiger charge is -2.37. The topological polar surface area (TPSA) is 75.3 Å². The average molecular weight is 475 g/mol. The van der Waals surface area contributed by atoms with Gasteiger partial charge in [0.15, 0.2) is 11.8 Å². The number of halogens is 1. The summed E-state index contributed by atoms with van der Waals surface area (Å²) in [5.41, 5.74) is 0.227. The zero-order chi connectivity index (χ0) is 16.8. The summed E-state index contributed by atoms with van der Waals surface area (Å²) in [6.45, 7) is 3.19. The fourth-order valence-corrected chi connectivity index (χ4v) is 4.35. The Morgan fingerprint density at radius 3 is 2.72 bits per heavy atom. The molecule has 0 atom stereocenters. The highest BCUT2D eigenvalue weighted by atomic mass is 127. The zero-order valence-corrected chi connectivity index (χ0v) is 17.9. The molecule has 1 aliphatic rings. The van der Waals surface area contributed by atoms with E-state index < -0.39 is 0 Å². The number of hydrogen-bond acceptors (Lipinski definition) is 5. The van der Waals surface area contributed by atoms with Crippen molar-refractivity contribution >= 4 is 41.3 Å². The quantitative estimate of drug-likeness (QED) is 0.393. The molecule has 0 aromatic carbocycles. The van der Waals surface area contributed by atoms with E-state index in [9.17, 15) is 0 Å². The number of guanidine groups is 1. The normalized spacial score (nSPS) is 17.0. The van der Waals surface area contributed by atoms with Crippen molar-refractivity contribution in [3.63, 3.8) is 0 Å². The van der Waals surface area contributed by atoms with Crippen LogP contribution in [0.25, 0.3) is 0 Å². The van der Waals surface area contributed by atoms with Crippen molar-refractivity contribution in [3.05, 3.63) is 34.1 Å². The van der Waals surface area contributed by atoms with Crippen molar-refractivity contribution in [2.24, 2.45) is 4.99 Å². The van der Waals surface area contributed by atoms with Crippen LogP contribution in [0.4, 0.5) is 0 Å². The molecule has 0 saturated heterocycles. The lowest BCUT2D eigenvalue weighted by atomic mass is 9.73. The molecule has 25 heavy (non-hydrogen) atoms. The van der Waals surface area contributed by atoms with Crippen LogP contribution in [0.2, 0.25) is 0 Å². The van der Waals surface area contributed by atoms with Crippen LogP contribution in [-0.2, 0) is 12.0 Å². The van der Waals surface area contributed by atoms with Gasteiger partial charge in [0.1, 0.15) is 0 Å². The first kappa shape index (κ1) is 20.2. The van der Waals surface area contributed by atoms with E-state index in [2.05, 4.69) is 43.3 Å².